The van der Waals surface area contributed by atoms with E-state index in [1.165, 1.54) is 6.42 Å². The summed E-state index contributed by atoms with van der Waals surface area (Å²) in [5.41, 5.74) is -0.619. The van der Waals surface area contributed by atoms with Gasteiger partial charge in [0.1, 0.15) is 5.60 Å². The first-order valence-electron chi connectivity index (χ1n) is 7.31. The van der Waals surface area contributed by atoms with Crippen molar-refractivity contribution in [2.75, 3.05) is 40.0 Å². The largest absolute Gasteiger partial charge is 0.383 e. The molecular weight excluding hydrogens is 244 g/mol. The van der Waals surface area contributed by atoms with Gasteiger partial charge < -0.3 is 19.7 Å². The first kappa shape index (κ1) is 14.8. The van der Waals surface area contributed by atoms with Crippen molar-refractivity contribution in [3.8, 4) is 0 Å². The fourth-order valence-electron chi connectivity index (χ4n) is 2.94. The highest BCUT2D eigenvalue weighted by Gasteiger charge is 2.41. The molecule has 0 aromatic rings. The highest BCUT2D eigenvalue weighted by molar-refractivity contribution is 5.85. The molecule has 2 aliphatic rings. The quantitative estimate of drug-likeness (QED) is 0.775. The highest BCUT2D eigenvalue weighted by Crippen LogP contribution is 2.27. The van der Waals surface area contributed by atoms with Crippen molar-refractivity contribution < 1.29 is 14.3 Å². The second kappa shape index (κ2) is 6.68. The van der Waals surface area contributed by atoms with E-state index in [9.17, 15) is 4.79 Å². The third kappa shape index (κ3) is 3.68. The summed E-state index contributed by atoms with van der Waals surface area (Å²) in [5, 5.41) is 3.45. The van der Waals surface area contributed by atoms with Crippen molar-refractivity contribution in [1.82, 2.24) is 10.2 Å². The minimum atomic E-state index is -0.619. The number of ether oxygens (including phenoxy) is 2. The molecule has 2 unspecified atom stereocenters. The molecule has 1 N–H and O–H groups in total. The summed E-state index contributed by atoms with van der Waals surface area (Å²) in [4.78, 5) is 14.6. The molecule has 110 valence electrons. The van der Waals surface area contributed by atoms with Crippen molar-refractivity contribution in [3.05, 3.63) is 0 Å². The zero-order valence-corrected chi connectivity index (χ0v) is 12.1. The Kier molecular flexibility index (Phi) is 5.19. The Morgan fingerprint density at radius 2 is 2.37 bits per heavy atom. The van der Waals surface area contributed by atoms with E-state index in [0.717, 1.165) is 32.4 Å². The molecule has 2 fully saturated rings. The smallest absolute Gasteiger partial charge is 0.254 e. The molecule has 19 heavy (non-hydrogen) atoms. The summed E-state index contributed by atoms with van der Waals surface area (Å²) in [6.07, 6.45) is 4.15. The number of rotatable bonds is 6. The van der Waals surface area contributed by atoms with E-state index >= 15 is 0 Å². The van der Waals surface area contributed by atoms with E-state index in [0.29, 0.717) is 25.8 Å². The van der Waals surface area contributed by atoms with Gasteiger partial charge in [-0.1, -0.05) is 0 Å². The molecule has 0 radical (unpaired) electrons. The number of carbonyl (C=O) groups excluding carboxylic acids is 1. The monoisotopic (exact) mass is 270 g/mol. The van der Waals surface area contributed by atoms with Gasteiger partial charge in [-0.15, -0.1) is 0 Å². The average molecular weight is 270 g/mol. The number of methoxy groups -OCH3 is 1. The number of carbonyl (C=O) groups is 1. The number of amides is 1. The van der Waals surface area contributed by atoms with Crippen LogP contribution in [0.3, 0.4) is 0 Å². The Bertz CT molecular complexity index is 297. The minimum absolute atomic E-state index is 0.121. The molecule has 1 amide bonds. The fraction of sp³-hybridized carbons (Fsp3) is 0.929. The lowest BCUT2D eigenvalue weighted by Crippen LogP contribution is -2.51. The predicted molar refractivity (Wildman–Crippen MR) is 73.1 cm³/mol. The van der Waals surface area contributed by atoms with Gasteiger partial charge in [-0.3, -0.25) is 4.79 Å². The molecule has 2 heterocycles. The third-order valence-corrected chi connectivity index (χ3v) is 4.13. The van der Waals surface area contributed by atoms with Crippen LogP contribution >= 0.6 is 0 Å². The van der Waals surface area contributed by atoms with Crippen LogP contribution in [0.5, 0.6) is 0 Å². The summed E-state index contributed by atoms with van der Waals surface area (Å²) in [5.74, 6) is 0.121. The van der Waals surface area contributed by atoms with Crippen molar-refractivity contribution in [2.24, 2.45) is 0 Å². The van der Waals surface area contributed by atoms with Gasteiger partial charge in [0.2, 0.25) is 0 Å². The van der Waals surface area contributed by atoms with Gasteiger partial charge in [-0.05, 0) is 39.2 Å². The van der Waals surface area contributed by atoms with E-state index in [-0.39, 0.29) is 5.91 Å². The maximum atomic E-state index is 12.7. The molecule has 0 saturated carbocycles. The second-order valence-corrected chi connectivity index (χ2v) is 5.72. The Labute approximate surface area is 115 Å². The number of nitrogens with zero attached hydrogens (tertiary/aromatic N) is 1. The summed E-state index contributed by atoms with van der Waals surface area (Å²) >= 11 is 0. The lowest BCUT2D eigenvalue weighted by Gasteiger charge is -2.32. The molecule has 0 spiro atoms. The van der Waals surface area contributed by atoms with Gasteiger partial charge in [-0.25, -0.2) is 0 Å². The van der Waals surface area contributed by atoms with Crippen LogP contribution in [0.25, 0.3) is 0 Å². The maximum absolute atomic E-state index is 12.7. The van der Waals surface area contributed by atoms with Gasteiger partial charge in [0, 0.05) is 32.8 Å². The molecule has 2 atom stereocenters. The van der Waals surface area contributed by atoms with Crippen molar-refractivity contribution in [3.63, 3.8) is 0 Å². The Balaban J connectivity index is 1.96. The molecular formula is C14H26N2O3. The third-order valence-electron chi connectivity index (χ3n) is 4.13. The minimum Gasteiger partial charge on any atom is -0.383 e. The number of hydrogen-bond acceptors (Lipinski definition) is 4. The summed E-state index contributed by atoms with van der Waals surface area (Å²) in [6, 6.07) is 0.422. The van der Waals surface area contributed by atoms with Gasteiger partial charge in [0.25, 0.3) is 5.91 Å². The fourth-order valence-corrected chi connectivity index (χ4v) is 2.94. The zero-order chi connectivity index (χ0) is 13.7. The van der Waals surface area contributed by atoms with Crippen LogP contribution in [-0.4, -0.2) is 62.4 Å². The summed E-state index contributed by atoms with van der Waals surface area (Å²) in [7, 11) is 1.67. The SMILES string of the molecule is COCCN(CC1CCCN1)C(=O)C1(C)CCCO1. The number of hydrogen-bond donors (Lipinski definition) is 1. The molecule has 0 aliphatic carbocycles. The van der Waals surface area contributed by atoms with Crippen LogP contribution in [0.1, 0.15) is 32.6 Å². The van der Waals surface area contributed by atoms with Crippen LogP contribution < -0.4 is 5.32 Å². The highest BCUT2D eigenvalue weighted by atomic mass is 16.5. The van der Waals surface area contributed by atoms with Crippen LogP contribution in [0, 0.1) is 0 Å². The van der Waals surface area contributed by atoms with Crippen molar-refractivity contribution >= 4 is 5.91 Å². The molecule has 0 aromatic heterocycles. The average Bonchev–Trinajstić information content (AvgIpc) is 3.06. The van der Waals surface area contributed by atoms with Gasteiger partial charge in [0.05, 0.1) is 6.61 Å². The predicted octanol–water partition coefficient (Wildman–Crippen LogP) is 0.783. The van der Waals surface area contributed by atoms with Gasteiger partial charge >= 0.3 is 0 Å². The molecule has 2 saturated heterocycles. The number of nitrogens with one attached hydrogen (secondary N) is 1. The van der Waals surface area contributed by atoms with E-state index in [1.807, 2.05) is 11.8 Å². The second-order valence-electron chi connectivity index (χ2n) is 5.72. The van der Waals surface area contributed by atoms with Crippen LogP contribution in [0.2, 0.25) is 0 Å². The molecule has 0 aromatic carbocycles. The molecule has 2 aliphatic heterocycles. The molecule has 5 heteroatoms. The first-order chi connectivity index (χ1) is 9.15. The topological polar surface area (TPSA) is 50.8 Å². The maximum Gasteiger partial charge on any atom is 0.254 e. The first-order valence-corrected chi connectivity index (χ1v) is 7.31. The lowest BCUT2D eigenvalue weighted by molar-refractivity contribution is -0.152. The Morgan fingerprint density at radius 1 is 1.53 bits per heavy atom. The van der Waals surface area contributed by atoms with Gasteiger partial charge in [-0.2, -0.15) is 0 Å². The van der Waals surface area contributed by atoms with Crippen LogP contribution in [0.4, 0.5) is 0 Å². The van der Waals surface area contributed by atoms with Gasteiger partial charge in [0.15, 0.2) is 0 Å². The molecule has 0 bridgehead atoms. The summed E-state index contributed by atoms with van der Waals surface area (Å²) < 4.78 is 10.8. The van der Waals surface area contributed by atoms with E-state index in [4.69, 9.17) is 9.47 Å². The van der Waals surface area contributed by atoms with Crippen molar-refractivity contribution in [1.29, 1.82) is 0 Å². The standard InChI is InChI=1S/C14H26N2O3/c1-14(6-4-9-19-14)13(17)16(8-10-18-2)11-12-5-3-7-15-12/h12,15H,3-11H2,1-2H3. The normalized spacial score (nSPS) is 30.7. The van der Waals surface area contributed by atoms with Crippen molar-refractivity contribution in [2.45, 2.75) is 44.2 Å². The summed E-state index contributed by atoms with van der Waals surface area (Å²) in [6.45, 7) is 5.67. The van der Waals surface area contributed by atoms with Crippen LogP contribution in [0.15, 0.2) is 0 Å². The van der Waals surface area contributed by atoms with Crippen LogP contribution in [-0.2, 0) is 14.3 Å². The lowest BCUT2D eigenvalue weighted by atomic mass is 10.0. The van der Waals surface area contributed by atoms with E-state index < -0.39 is 5.60 Å². The van der Waals surface area contributed by atoms with E-state index in [2.05, 4.69) is 5.32 Å². The van der Waals surface area contributed by atoms with E-state index in [1.54, 1.807) is 7.11 Å². The Hall–Kier alpha value is -0.650. The molecule has 2 rings (SSSR count). The Morgan fingerprint density at radius 3 is 2.95 bits per heavy atom. The molecule has 5 nitrogen and oxygen atoms in total. The zero-order valence-electron chi connectivity index (χ0n) is 12.1.